The molecular formula is C8H7F2I. The maximum atomic E-state index is 12.2. The monoisotopic (exact) mass is 268 g/mol. The van der Waals surface area contributed by atoms with Gasteiger partial charge in [0, 0.05) is 9.99 Å². The molecule has 1 aromatic rings. The summed E-state index contributed by atoms with van der Waals surface area (Å²) in [4.78, 5) is 0. The Balaban J connectivity index is 3.02. The molecule has 0 heterocycles. The van der Waals surface area contributed by atoms with Crippen molar-refractivity contribution in [2.75, 3.05) is 0 Å². The highest BCUT2D eigenvalue weighted by atomic mass is 127. The number of benzene rings is 1. The predicted molar refractivity (Wildman–Crippen MR) is 49.1 cm³/mol. The molecule has 0 fully saturated rings. The van der Waals surface area contributed by atoms with Crippen molar-refractivity contribution in [1.82, 2.24) is 0 Å². The highest BCUT2D eigenvalue weighted by Gasteiger charge is 2.09. The molecule has 11 heavy (non-hydrogen) atoms. The average molecular weight is 268 g/mol. The first-order valence-corrected chi connectivity index (χ1v) is 4.70. The number of hydrogen-bond donors (Lipinski definition) is 0. The van der Waals surface area contributed by atoms with Gasteiger partial charge in [-0.25, -0.2) is 8.78 Å². The fourth-order valence-electron chi connectivity index (χ4n) is 0.869. The van der Waals surface area contributed by atoms with Gasteiger partial charge in [-0.15, -0.1) is 0 Å². The highest BCUT2D eigenvalue weighted by Crippen LogP contribution is 2.23. The number of alkyl halides is 3. The largest absolute Gasteiger partial charge is 0.264 e. The van der Waals surface area contributed by atoms with E-state index in [0.717, 1.165) is 5.56 Å². The summed E-state index contributed by atoms with van der Waals surface area (Å²) in [6, 6.07) is 6.61. The third-order valence-electron chi connectivity index (χ3n) is 1.43. The van der Waals surface area contributed by atoms with Crippen molar-refractivity contribution in [2.24, 2.45) is 0 Å². The smallest absolute Gasteiger partial charge is 0.205 e. The molecule has 0 aliphatic heterocycles. The molecule has 1 rings (SSSR count). The minimum atomic E-state index is -2.35. The van der Waals surface area contributed by atoms with Gasteiger partial charge in [0.1, 0.15) is 0 Å². The molecule has 1 aromatic carbocycles. The molecule has 60 valence electrons. The normalized spacial score (nSPS) is 10.5. The molecule has 0 bridgehead atoms. The molecule has 0 aromatic heterocycles. The average Bonchev–Trinajstić information content (AvgIpc) is 2.04. The van der Waals surface area contributed by atoms with Gasteiger partial charge in [-0.3, -0.25) is 0 Å². The van der Waals surface area contributed by atoms with Crippen LogP contribution in [0.1, 0.15) is 17.6 Å². The zero-order valence-corrected chi connectivity index (χ0v) is 7.89. The first-order valence-electron chi connectivity index (χ1n) is 3.17. The van der Waals surface area contributed by atoms with E-state index in [1.807, 2.05) is 0 Å². The second-order valence-corrected chi connectivity index (χ2v) is 2.90. The zero-order chi connectivity index (χ0) is 8.27. The molecule has 0 aliphatic rings. The van der Waals surface area contributed by atoms with Crippen LogP contribution < -0.4 is 0 Å². The third kappa shape index (κ3) is 2.12. The van der Waals surface area contributed by atoms with Gasteiger partial charge in [-0.2, -0.15) is 0 Å². The summed E-state index contributed by atoms with van der Waals surface area (Å²) in [5.74, 6) is 0. The van der Waals surface area contributed by atoms with Gasteiger partial charge in [0.2, 0.25) is 0 Å². The van der Waals surface area contributed by atoms with Gasteiger partial charge in [0.05, 0.1) is 0 Å². The fourth-order valence-corrected chi connectivity index (χ4v) is 1.56. The van der Waals surface area contributed by atoms with Crippen molar-refractivity contribution in [2.45, 2.75) is 10.9 Å². The van der Waals surface area contributed by atoms with Crippen LogP contribution in [0.5, 0.6) is 0 Å². The summed E-state index contributed by atoms with van der Waals surface area (Å²) < 4.78 is 25.1. The number of hydrogen-bond acceptors (Lipinski definition) is 0. The fraction of sp³-hybridized carbons (Fsp3) is 0.250. The van der Waals surface area contributed by atoms with E-state index in [2.05, 4.69) is 22.6 Å². The highest BCUT2D eigenvalue weighted by molar-refractivity contribution is 14.1. The Morgan fingerprint density at radius 2 is 1.91 bits per heavy atom. The Kier molecular flexibility index (Phi) is 3.23. The van der Waals surface area contributed by atoms with Crippen molar-refractivity contribution < 1.29 is 8.78 Å². The van der Waals surface area contributed by atoms with Crippen molar-refractivity contribution in [1.29, 1.82) is 0 Å². The Morgan fingerprint density at radius 1 is 1.27 bits per heavy atom. The molecule has 0 saturated carbocycles. The molecule has 3 heteroatoms. The van der Waals surface area contributed by atoms with Gasteiger partial charge in [0.15, 0.2) is 0 Å². The van der Waals surface area contributed by atoms with Crippen LogP contribution in [-0.2, 0) is 4.43 Å². The van der Waals surface area contributed by atoms with Gasteiger partial charge < -0.3 is 0 Å². The molecule has 0 N–H and O–H groups in total. The predicted octanol–water partition coefficient (Wildman–Crippen LogP) is 3.56. The minimum absolute atomic E-state index is 0.155. The number of halogens is 3. The lowest BCUT2D eigenvalue weighted by Crippen LogP contribution is -1.90. The van der Waals surface area contributed by atoms with E-state index in [0.29, 0.717) is 4.43 Å². The summed E-state index contributed by atoms with van der Waals surface area (Å²) in [5, 5.41) is 0. The van der Waals surface area contributed by atoms with Crippen LogP contribution in [0.2, 0.25) is 0 Å². The summed E-state index contributed by atoms with van der Waals surface area (Å²) >= 11 is 2.08. The van der Waals surface area contributed by atoms with Gasteiger partial charge >= 0.3 is 0 Å². The molecule has 0 aliphatic carbocycles. The molecular weight excluding hydrogens is 261 g/mol. The van der Waals surface area contributed by atoms with E-state index in [1.165, 1.54) is 6.07 Å². The maximum absolute atomic E-state index is 12.2. The first-order chi connectivity index (χ1) is 5.25. The second-order valence-electron chi connectivity index (χ2n) is 2.13. The first kappa shape index (κ1) is 8.90. The lowest BCUT2D eigenvalue weighted by atomic mass is 10.1. The maximum Gasteiger partial charge on any atom is 0.264 e. The Bertz CT molecular complexity index is 235. The van der Waals surface area contributed by atoms with E-state index < -0.39 is 6.43 Å². The molecule has 0 atom stereocenters. The Labute approximate surface area is 77.8 Å². The second kappa shape index (κ2) is 3.99. The molecule has 0 spiro atoms. The van der Waals surface area contributed by atoms with Crippen molar-refractivity contribution in [3.05, 3.63) is 35.4 Å². The standard InChI is InChI=1S/C8H7F2I/c9-8(10)7-4-2-1-3-6(7)5-11/h1-4,8H,5H2. The Hall–Kier alpha value is -0.190. The zero-order valence-electron chi connectivity index (χ0n) is 5.73. The van der Waals surface area contributed by atoms with Gasteiger partial charge in [0.25, 0.3) is 6.43 Å². The van der Waals surface area contributed by atoms with Crippen LogP contribution in [0, 0.1) is 0 Å². The van der Waals surface area contributed by atoms with Crippen molar-refractivity contribution in [3.63, 3.8) is 0 Å². The third-order valence-corrected chi connectivity index (χ3v) is 2.26. The van der Waals surface area contributed by atoms with E-state index in [4.69, 9.17) is 0 Å². The van der Waals surface area contributed by atoms with Crippen molar-refractivity contribution >= 4 is 22.6 Å². The van der Waals surface area contributed by atoms with Gasteiger partial charge in [-0.05, 0) is 5.56 Å². The van der Waals surface area contributed by atoms with Crippen LogP contribution in [-0.4, -0.2) is 0 Å². The van der Waals surface area contributed by atoms with E-state index in [9.17, 15) is 8.78 Å². The van der Waals surface area contributed by atoms with Crippen molar-refractivity contribution in [3.8, 4) is 0 Å². The van der Waals surface area contributed by atoms with Crippen LogP contribution in [0.25, 0.3) is 0 Å². The van der Waals surface area contributed by atoms with E-state index in [1.54, 1.807) is 18.2 Å². The molecule has 0 unspecified atom stereocenters. The summed E-state index contributed by atoms with van der Waals surface area (Å²) in [5.41, 5.74) is 0.880. The quantitative estimate of drug-likeness (QED) is 0.568. The molecule has 0 saturated heterocycles. The summed E-state index contributed by atoms with van der Waals surface area (Å²) in [6.45, 7) is 0. The van der Waals surface area contributed by atoms with E-state index >= 15 is 0 Å². The minimum Gasteiger partial charge on any atom is -0.205 e. The summed E-state index contributed by atoms with van der Waals surface area (Å²) in [6.07, 6.45) is -2.35. The van der Waals surface area contributed by atoms with Gasteiger partial charge in [-0.1, -0.05) is 46.9 Å². The van der Waals surface area contributed by atoms with Crippen LogP contribution in [0.4, 0.5) is 8.78 Å². The summed E-state index contributed by atoms with van der Waals surface area (Å²) in [7, 11) is 0. The van der Waals surface area contributed by atoms with E-state index in [-0.39, 0.29) is 5.56 Å². The van der Waals surface area contributed by atoms with Crippen LogP contribution in [0.15, 0.2) is 24.3 Å². The topological polar surface area (TPSA) is 0 Å². The number of rotatable bonds is 2. The SMILES string of the molecule is FC(F)c1ccccc1CI. The van der Waals surface area contributed by atoms with Crippen LogP contribution >= 0.6 is 22.6 Å². The molecule has 0 nitrogen and oxygen atoms in total. The van der Waals surface area contributed by atoms with Crippen LogP contribution in [0.3, 0.4) is 0 Å². The lowest BCUT2D eigenvalue weighted by Gasteiger charge is -2.03. The molecule has 0 radical (unpaired) electrons. The molecule has 0 amide bonds. The Morgan fingerprint density at radius 3 is 2.36 bits per heavy atom. The lowest BCUT2D eigenvalue weighted by molar-refractivity contribution is 0.150.